The number of amides is 2. The number of furan rings is 1. The summed E-state index contributed by atoms with van der Waals surface area (Å²) >= 11 is 6.10. The van der Waals surface area contributed by atoms with Gasteiger partial charge in [0, 0.05) is 47.3 Å². The summed E-state index contributed by atoms with van der Waals surface area (Å²) in [4.78, 5) is 31.5. The Hall–Kier alpha value is -3.42. The number of nitrogens with one attached hydrogen (secondary N) is 2. The van der Waals surface area contributed by atoms with Crippen LogP contribution in [0.3, 0.4) is 0 Å². The van der Waals surface area contributed by atoms with Gasteiger partial charge in [-0.15, -0.1) is 0 Å². The lowest BCUT2D eigenvalue weighted by atomic mass is 10.1. The highest BCUT2D eigenvalue weighted by molar-refractivity contribution is 6.36. The van der Waals surface area contributed by atoms with Gasteiger partial charge in [-0.1, -0.05) is 11.6 Å². The topological polar surface area (TPSA) is 87.5 Å². The van der Waals surface area contributed by atoms with Crippen LogP contribution in [-0.2, 0) is 4.79 Å². The first-order valence-electron chi connectivity index (χ1n) is 11.0. The van der Waals surface area contributed by atoms with Gasteiger partial charge in [0.15, 0.2) is 0 Å². The Morgan fingerprint density at radius 3 is 2.88 bits per heavy atom. The number of rotatable bonds is 6. The quantitative estimate of drug-likeness (QED) is 0.533. The maximum absolute atomic E-state index is 12.6. The first-order chi connectivity index (χ1) is 16.1. The number of halogens is 1. The van der Waals surface area contributed by atoms with Crippen LogP contribution in [0.25, 0.3) is 23.0 Å². The second-order valence-electron chi connectivity index (χ2n) is 8.17. The highest BCUT2D eigenvalue weighted by atomic mass is 35.5. The summed E-state index contributed by atoms with van der Waals surface area (Å²) in [5.74, 6) is 0.710. The molecule has 0 spiro atoms. The molecular formula is C25H23ClN4O3. The van der Waals surface area contributed by atoms with Crippen molar-refractivity contribution in [1.82, 2.24) is 15.2 Å². The smallest absolute Gasteiger partial charge is 0.256 e. The monoisotopic (exact) mass is 462 g/mol. The SMILES string of the molecule is O=C1Nc2ccc(Cl)cc2C1=Cc1ccc(-c2cncc(C(=O)NCCN3CCCC3)c2)o1. The fourth-order valence-corrected chi connectivity index (χ4v) is 4.34. The summed E-state index contributed by atoms with van der Waals surface area (Å²) in [7, 11) is 0. The van der Waals surface area contributed by atoms with Crippen LogP contribution in [-0.4, -0.2) is 47.9 Å². The van der Waals surface area contributed by atoms with E-state index in [1.807, 2.05) is 0 Å². The minimum absolute atomic E-state index is 0.159. The number of aromatic nitrogens is 1. The highest BCUT2D eigenvalue weighted by Gasteiger charge is 2.24. The van der Waals surface area contributed by atoms with Gasteiger partial charge in [0.05, 0.1) is 11.1 Å². The van der Waals surface area contributed by atoms with Crippen molar-refractivity contribution in [2.75, 3.05) is 31.5 Å². The fraction of sp³-hybridized carbons (Fsp3) is 0.240. The van der Waals surface area contributed by atoms with Crippen molar-refractivity contribution < 1.29 is 14.0 Å². The normalized spacial score (nSPS) is 16.8. The number of pyridine rings is 1. The van der Waals surface area contributed by atoms with Crippen LogP contribution in [0.4, 0.5) is 5.69 Å². The molecule has 0 bridgehead atoms. The van der Waals surface area contributed by atoms with E-state index in [2.05, 4.69) is 20.5 Å². The van der Waals surface area contributed by atoms with E-state index >= 15 is 0 Å². The van der Waals surface area contributed by atoms with Gasteiger partial charge in [0.25, 0.3) is 11.8 Å². The molecule has 2 amide bonds. The molecule has 0 unspecified atom stereocenters. The fourth-order valence-electron chi connectivity index (χ4n) is 4.17. The molecule has 2 aromatic heterocycles. The van der Waals surface area contributed by atoms with E-state index < -0.39 is 0 Å². The second kappa shape index (κ2) is 9.21. The largest absolute Gasteiger partial charge is 0.457 e. The molecule has 8 heteroatoms. The molecule has 1 aromatic carbocycles. The van der Waals surface area contributed by atoms with Gasteiger partial charge < -0.3 is 20.0 Å². The second-order valence-corrected chi connectivity index (χ2v) is 8.61. The lowest BCUT2D eigenvalue weighted by Gasteiger charge is -2.14. The molecule has 2 N–H and O–H groups in total. The van der Waals surface area contributed by atoms with Crippen molar-refractivity contribution in [3.05, 3.63) is 70.7 Å². The Labute approximate surface area is 196 Å². The zero-order valence-corrected chi connectivity index (χ0v) is 18.7. The third kappa shape index (κ3) is 4.69. The zero-order valence-electron chi connectivity index (χ0n) is 17.9. The Bertz CT molecular complexity index is 1240. The van der Waals surface area contributed by atoms with Gasteiger partial charge in [-0.3, -0.25) is 14.6 Å². The van der Waals surface area contributed by atoms with E-state index in [9.17, 15) is 9.59 Å². The molecule has 0 saturated carbocycles. The number of likely N-dealkylation sites (tertiary alicyclic amines) is 1. The van der Waals surface area contributed by atoms with E-state index in [1.54, 1.807) is 54.9 Å². The van der Waals surface area contributed by atoms with Crippen molar-refractivity contribution in [2.24, 2.45) is 0 Å². The summed E-state index contributed by atoms with van der Waals surface area (Å²) in [5.41, 5.74) is 3.10. The van der Waals surface area contributed by atoms with E-state index in [0.717, 1.165) is 30.9 Å². The molecule has 33 heavy (non-hydrogen) atoms. The Morgan fingerprint density at radius 2 is 2.03 bits per heavy atom. The third-order valence-electron chi connectivity index (χ3n) is 5.88. The molecule has 2 aliphatic rings. The molecule has 168 valence electrons. The van der Waals surface area contributed by atoms with Crippen molar-refractivity contribution in [3.63, 3.8) is 0 Å². The number of anilines is 1. The first kappa shape index (κ1) is 21.4. The molecule has 1 saturated heterocycles. The number of hydrogen-bond acceptors (Lipinski definition) is 5. The van der Waals surface area contributed by atoms with Crippen LogP contribution in [0.1, 0.15) is 34.5 Å². The van der Waals surface area contributed by atoms with Gasteiger partial charge in [0.2, 0.25) is 0 Å². The minimum Gasteiger partial charge on any atom is -0.457 e. The Morgan fingerprint density at radius 1 is 1.18 bits per heavy atom. The summed E-state index contributed by atoms with van der Waals surface area (Å²) in [6, 6.07) is 10.6. The summed E-state index contributed by atoms with van der Waals surface area (Å²) in [6.45, 7) is 3.67. The first-order valence-corrected chi connectivity index (χ1v) is 11.3. The molecule has 2 aliphatic heterocycles. The van der Waals surface area contributed by atoms with Crippen LogP contribution < -0.4 is 10.6 Å². The molecule has 5 rings (SSSR count). The number of carbonyl (C=O) groups is 2. The van der Waals surface area contributed by atoms with E-state index in [0.29, 0.717) is 39.8 Å². The minimum atomic E-state index is -0.209. The van der Waals surface area contributed by atoms with Gasteiger partial charge >= 0.3 is 0 Å². The summed E-state index contributed by atoms with van der Waals surface area (Å²) < 4.78 is 5.94. The highest BCUT2D eigenvalue weighted by Crippen LogP contribution is 2.35. The van der Waals surface area contributed by atoms with Gasteiger partial charge in [-0.25, -0.2) is 0 Å². The molecular weight excluding hydrogens is 440 g/mol. The number of benzene rings is 1. The van der Waals surface area contributed by atoms with Crippen LogP contribution in [0, 0.1) is 0 Å². The van der Waals surface area contributed by atoms with E-state index in [1.165, 1.54) is 12.8 Å². The predicted octanol–water partition coefficient (Wildman–Crippen LogP) is 4.31. The maximum atomic E-state index is 12.6. The van der Waals surface area contributed by atoms with Crippen molar-refractivity contribution in [2.45, 2.75) is 12.8 Å². The maximum Gasteiger partial charge on any atom is 0.256 e. The average molecular weight is 463 g/mol. The third-order valence-corrected chi connectivity index (χ3v) is 6.11. The lowest BCUT2D eigenvalue weighted by molar-refractivity contribution is -0.110. The molecule has 7 nitrogen and oxygen atoms in total. The van der Waals surface area contributed by atoms with Gasteiger partial charge in [-0.2, -0.15) is 0 Å². The van der Waals surface area contributed by atoms with Gasteiger partial charge in [-0.05, 0) is 68.4 Å². The Balaban J connectivity index is 1.30. The molecule has 0 atom stereocenters. The van der Waals surface area contributed by atoms with Crippen LogP contribution in [0.5, 0.6) is 0 Å². The average Bonchev–Trinajstić information content (AvgIpc) is 3.56. The number of carbonyl (C=O) groups excluding carboxylic acids is 2. The predicted molar refractivity (Wildman–Crippen MR) is 128 cm³/mol. The molecule has 3 aromatic rings. The molecule has 1 fully saturated rings. The van der Waals surface area contributed by atoms with Crippen molar-refractivity contribution in [1.29, 1.82) is 0 Å². The van der Waals surface area contributed by atoms with E-state index in [-0.39, 0.29) is 11.8 Å². The van der Waals surface area contributed by atoms with Crippen LogP contribution in [0.2, 0.25) is 5.02 Å². The number of nitrogens with zero attached hydrogens (tertiary/aromatic N) is 2. The molecule has 0 aliphatic carbocycles. The number of hydrogen-bond donors (Lipinski definition) is 2. The van der Waals surface area contributed by atoms with Crippen molar-refractivity contribution >= 4 is 40.8 Å². The summed E-state index contributed by atoms with van der Waals surface area (Å²) in [6.07, 6.45) is 7.33. The van der Waals surface area contributed by atoms with Crippen LogP contribution in [0.15, 0.2) is 53.2 Å². The Kier molecular flexibility index (Phi) is 5.98. The molecule has 4 heterocycles. The zero-order chi connectivity index (χ0) is 22.8. The van der Waals surface area contributed by atoms with E-state index in [4.69, 9.17) is 16.0 Å². The number of fused-ring (bicyclic) bond motifs is 1. The summed E-state index contributed by atoms with van der Waals surface area (Å²) in [5, 5.41) is 6.34. The van der Waals surface area contributed by atoms with Crippen LogP contribution >= 0.6 is 11.6 Å². The standard InChI is InChI=1S/C25H23ClN4O3/c26-18-3-5-22-20(12-18)21(25(32)29-22)13-19-4-6-23(33-19)16-11-17(15-27-14-16)24(31)28-7-10-30-8-1-2-9-30/h3-6,11-15H,1-2,7-10H2,(H,28,31)(H,29,32). The lowest BCUT2D eigenvalue weighted by Crippen LogP contribution is -2.33. The molecule has 0 radical (unpaired) electrons. The van der Waals surface area contributed by atoms with Gasteiger partial charge in [0.1, 0.15) is 11.5 Å². The van der Waals surface area contributed by atoms with Crippen molar-refractivity contribution in [3.8, 4) is 11.3 Å².